The molecule has 410 valence electrons. The number of urea groups is 1. The number of hydrogen-bond acceptors (Lipinski definition) is 21. The largest absolute Gasteiger partial charge is 0.508 e. The Kier molecular flexibility index (Phi) is 16.0. The minimum absolute atomic E-state index is 0. The fourth-order valence-electron chi connectivity index (χ4n) is 10.4. The van der Waals surface area contributed by atoms with E-state index in [2.05, 4.69) is 26.2 Å². The van der Waals surface area contributed by atoms with E-state index in [1.165, 1.54) is 82.4 Å². The molecule has 4 heterocycles. The van der Waals surface area contributed by atoms with E-state index in [1.54, 1.807) is 33.0 Å². The molecule has 0 spiro atoms. The van der Waals surface area contributed by atoms with Crippen LogP contribution in [-0.2, 0) is 45.4 Å². The Morgan fingerprint density at radius 2 is 1.68 bits per heavy atom. The van der Waals surface area contributed by atoms with Gasteiger partial charge in [0, 0.05) is 49.7 Å². The maximum absolute atomic E-state index is 13.7. The van der Waals surface area contributed by atoms with Gasteiger partial charge in [0.2, 0.25) is 16.8 Å². The monoisotopic (exact) mass is 1110 g/mol. The number of amides is 7. The molecule has 9 rings (SSSR count). The number of nitrogens with zero attached hydrogens (tertiary/aromatic N) is 8. The molecule has 77 heavy (non-hydrogen) atoms. The molecule has 7 amide bonds. The summed E-state index contributed by atoms with van der Waals surface area (Å²) in [6, 6.07) is 4.97. The van der Waals surface area contributed by atoms with E-state index in [0.29, 0.717) is 27.7 Å². The van der Waals surface area contributed by atoms with Gasteiger partial charge in [0.05, 0.1) is 23.6 Å². The first-order chi connectivity index (χ1) is 35.9. The van der Waals surface area contributed by atoms with Crippen molar-refractivity contribution in [3.05, 3.63) is 87.3 Å². The summed E-state index contributed by atoms with van der Waals surface area (Å²) in [4.78, 5) is 120. The van der Waals surface area contributed by atoms with Crippen molar-refractivity contribution in [2.45, 2.75) is 60.1 Å². The van der Waals surface area contributed by atoms with Gasteiger partial charge in [0.15, 0.2) is 11.4 Å². The predicted molar refractivity (Wildman–Crippen MR) is 267 cm³/mol. The summed E-state index contributed by atoms with van der Waals surface area (Å²) in [6.45, 7) is 3.72. The lowest BCUT2D eigenvalue weighted by atomic mass is 9.54. The average molecular weight is 1110 g/mol. The molecule has 28 nitrogen and oxygen atoms in total. The zero-order valence-electron chi connectivity index (χ0n) is 41.5. The maximum Gasteiger partial charge on any atom is 0.352 e. The third-order valence-corrected chi connectivity index (χ3v) is 16.6. The zero-order valence-corrected chi connectivity index (χ0v) is 43.1. The number of tetrazole rings is 1. The first-order valence-corrected chi connectivity index (χ1v) is 25.3. The van der Waals surface area contributed by atoms with Crippen LogP contribution in [0.2, 0.25) is 0 Å². The number of nitrogens with two attached hydrogens (primary N) is 1. The predicted octanol–water partition coefficient (Wildman–Crippen LogP) is -2.44. The summed E-state index contributed by atoms with van der Waals surface area (Å²) in [5.74, 6) is -13.1. The van der Waals surface area contributed by atoms with Crippen LogP contribution in [-0.4, -0.2) is 209 Å². The van der Waals surface area contributed by atoms with E-state index in [-0.39, 0.29) is 58.4 Å². The molecule has 1 aromatic heterocycles. The number of imide groups is 1. The smallest absolute Gasteiger partial charge is 0.352 e. The van der Waals surface area contributed by atoms with Crippen molar-refractivity contribution in [3.8, 4) is 11.5 Å². The van der Waals surface area contributed by atoms with Gasteiger partial charge in [-0.05, 0) is 72.3 Å². The molecule has 1 saturated carbocycles. The number of aromatic hydroxyl groups is 2. The Hall–Kier alpha value is -7.90. The summed E-state index contributed by atoms with van der Waals surface area (Å²) < 4.78 is 1.44. The Morgan fingerprint density at radius 3 is 2.27 bits per heavy atom. The van der Waals surface area contributed by atoms with E-state index in [4.69, 9.17) is 5.73 Å². The lowest BCUT2D eigenvalue weighted by molar-refractivity contribution is -0.169. The molecule has 9 atom stereocenters. The first-order valence-electron chi connectivity index (χ1n) is 23.3. The second kappa shape index (κ2) is 21.6. The fraction of sp³-hybridized carbons (Fsp3) is 0.404. The summed E-state index contributed by atoms with van der Waals surface area (Å²) in [5.41, 5.74) is 2.01. The number of phenols is 2. The molecule has 3 aliphatic heterocycles. The minimum atomic E-state index is -2.89. The topological polar surface area (TPSA) is 433 Å². The van der Waals surface area contributed by atoms with Crippen LogP contribution in [0, 0.1) is 11.8 Å². The highest BCUT2D eigenvalue weighted by Gasteiger charge is 2.68. The number of thioether (sulfide) groups is 2. The van der Waals surface area contributed by atoms with Crippen LogP contribution in [0.25, 0.3) is 5.76 Å². The molecule has 3 aliphatic carbocycles. The molecule has 0 unspecified atom stereocenters. The number of phenolic OH excluding ortho intramolecular Hbond substituents is 2. The number of aliphatic carboxylic acids is 1. The number of ketones is 2. The van der Waals surface area contributed by atoms with Crippen molar-refractivity contribution in [1.29, 1.82) is 0 Å². The van der Waals surface area contributed by atoms with Gasteiger partial charge in [-0.2, -0.15) is 0 Å². The molecule has 2 aromatic carbocycles. The molecule has 2 saturated heterocycles. The number of hydrogen-bond donors (Lipinski definition) is 10. The van der Waals surface area contributed by atoms with Gasteiger partial charge in [-0.1, -0.05) is 43.0 Å². The molecule has 30 heteroatoms. The fourth-order valence-corrected chi connectivity index (χ4v) is 12.8. The second-order valence-corrected chi connectivity index (χ2v) is 20.7. The van der Waals surface area contributed by atoms with E-state index < -0.39 is 129 Å². The Labute approximate surface area is 444 Å². The number of carbonyl (C=O) groups excluding carboxylic acids is 8. The molecule has 0 bridgehead atoms. The summed E-state index contributed by atoms with van der Waals surface area (Å²) in [6.07, 6.45) is -1.59. The van der Waals surface area contributed by atoms with Gasteiger partial charge in [-0.15, -0.1) is 16.9 Å². The summed E-state index contributed by atoms with van der Waals surface area (Å²) >= 11 is 2.49. The number of aromatic nitrogens is 4. The van der Waals surface area contributed by atoms with Crippen molar-refractivity contribution in [2.75, 3.05) is 45.2 Å². The van der Waals surface area contributed by atoms with Gasteiger partial charge in [-0.3, -0.25) is 48.3 Å². The Balaban J connectivity index is 0.000000232. The maximum atomic E-state index is 13.7. The van der Waals surface area contributed by atoms with Crippen LogP contribution in [0.5, 0.6) is 11.5 Å². The van der Waals surface area contributed by atoms with Crippen molar-refractivity contribution < 1.29 is 84.4 Å². The first kappa shape index (κ1) is 56.8. The van der Waals surface area contributed by atoms with E-state index in [1.807, 2.05) is 0 Å². The van der Waals surface area contributed by atoms with Crippen molar-refractivity contribution in [3.63, 3.8) is 0 Å². The number of likely N-dealkylation sites (N-methyl/N-ethyl adjacent to an activating group) is 2. The number of aliphatic hydroxyl groups excluding tert-OH is 3. The number of aliphatic hydroxyl groups is 4. The number of carboxylic acids is 1. The highest BCUT2D eigenvalue weighted by atomic mass is 32.2. The third kappa shape index (κ3) is 9.49. The zero-order chi connectivity index (χ0) is 55.6. The van der Waals surface area contributed by atoms with E-state index in [9.17, 15) is 78.9 Å². The minimum Gasteiger partial charge on any atom is -0.508 e. The van der Waals surface area contributed by atoms with Crippen molar-refractivity contribution >= 4 is 82.4 Å². The number of Topliss-reactive ketones (excluding diaryl/α,β-unsaturated/α-hetero) is 2. The number of aryl methyl sites for hydroxylation is 1. The third-order valence-electron chi connectivity index (χ3n) is 14.2. The van der Waals surface area contributed by atoms with Crippen molar-refractivity contribution in [2.24, 2.45) is 24.6 Å². The van der Waals surface area contributed by atoms with Crippen LogP contribution in [0.4, 0.5) is 4.79 Å². The number of rotatable bonds is 11. The number of fused-ring (bicyclic) bond motifs is 4. The standard InChI is InChI=1S/C25H27N9O8S2.C22H24N2O8.H2O/c1-3-32-8-9-33(21(39)20(32)38)24(42)27-15(12-4-6-14(35)7-5-12)18(36)26-16-19(37)34-17(23(40)41)13(10-43-22(16)34)11-44-25-28-29-30-31(25)2;1-7-8-5-4-6-9(25)11(8)16(26)12-10(7)17(27)14-15(24(2)3)18(28)13(21(23)31)20(30)22(14,32)19(12)29;/h4-7,15-16,22,35H,3,8-11H2,1-2H3,(H,26,36)(H,27,42)(H,40,41);4-7,10,14-15,17,25-27,30,32H,1-3H3,(H2,23,31);1H2/t15-,16-,22-;7-,10+,14+,15-,17-,22-;/m10./s1. The van der Waals surface area contributed by atoms with Crippen LogP contribution < -0.4 is 16.4 Å². The molecule has 3 aromatic rings. The molecule has 13 N–H and O–H groups in total. The average Bonchev–Trinajstić information content (AvgIpc) is 3.94. The van der Waals surface area contributed by atoms with Gasteiger partial charge in [0.1, 0.15) is 51.7 Å². The highest BCUT2D eigenvalue weighted by molar-refractivity contribution is 8.01. The SMILES string of the molecule is CCN1CCN(C(=O)N[C@@H](C(=O)N[C@@H]2C(=O)N3C(C(=O)O)=C(CSc4nnnn4C)CS[C@H]23)c2ccc(O)cc2)C(=O)C1=O.C[C@H]1c2cccc(O)c2C(O)=C2C(=O)[C@]3(O)C(O)=C(C(N)=O)C(=O)[C@@H](N(C)C)[C@@H]3[C@@H](O)[C@@H]21.O. The quantitative estimate of drug-likeness (QED) is 0.0413. The van der Waals surface area contributed by atoms with Crippen LogP contribution in [0.15, 0.2) is 75.8 Å². The van der Waals surface area contributed by atoms with Crippen LogP contribution in [0.3, 0.4) is 0 Å². The molecular formula is C47H53N11O17S2. The summed E-state index contributed by atoms with van der Waals surface area (Å²) in [7, 11) is 4.56. The number of β-lactam (4-membered cyclic amide) rings is 1. The van der Waals surface area contributed by atoms with Crippen LogP contribution in [0.1, 0.15) is 42.5 Å². The van der Waals surface area contributed by atoms with Gasteiger partial charge in [-0.25, -0.2) is 14.3 Å². The summed E-state index contributed by atoms with van der Waals surface area (Å²) in [5, 5.41) is 90.5. The van der Waals surface area contributed by atoms with E-state index >= 15 is 0 Å². The number of primary amides is 1. The number of benzene rings is 2. The van der Waals surface area contributed by atoms with Gasteiger partial charge >= 0.3 is 23.8 Å². The molecular weight excluding hydrogens is 1050 g/mol. The second-order valence-electron chi connectivity index (χ2n) is 18.6. The molecule has 0 radical (unpaired) electrons. The number of carboxylic acid groups (broad SMARTS) is 1. The highest BCUT2D eigenvalue weighted by Crippen LogP contribution is 2.56. The molecule has 6 aliphatic rings. The number of nitrogens with one attached hydrogen (secondary N) is 2. The van der Waals surface area contributed by atoms with E-state index in [0.717, 1.165) is 4.90 Å². The van der Waals surface area contributed by atoms with Gasteiger partial charge in [0.25, 0.3) is 11.8 Å². The van der Waals surface area contributed by atoms with Gasteiger partial charge < -0.3 is 62.5 Å². The normalized spacial score (nSPS) is 26.1. The lowest BCUT2D eigenvalue weighted by Crippen LogP contribution is -2.71. The van der Waals surface area contributed by atoms with Crippen LogP contribution >= 0.6 is 23.5 Å². The number of piperazine rings is 1. The molecule has 3 fully saturated rings. The lowest BCUT2D eigenvalue weighted by Gasteiger charge is -2.53. The number of carbonyl (C=O) groups is 9. The van der Waals surface area contributed by atoms with Crippen molar-refractivity contribution in [1.82, 2.24) is 50.4 Å². The Bertz CT molecular complexity index is 3110. The Morgan fingerprint density at radius 1 is 1.00 bits per heavy atom.